The highest BCUT2D eigenvalue weighted by molar-refractivity contribution is 7.45. The first-order chi connectivity index (χ1) is 13.3. The number of nitrogens with two attached hydrogens (primary N) is 3. The number of aromatic amines is 1. The Labute approximate surface area is 160 Å². The fraction of sp³-hybridized carbons (Fsp3) is 0.455. The van der Waals surface area contributed by atoms with E-state index in [4.69, 9.17) is 39.6 Å². The summed E-state index contributed by atoms with van der Waals surface area (Å²) < 4.78 is 15.5. The number of phosphoric acid groups is 1. The first-order valence-corrected chi connectivity index (χ1v) is 9.00. The van der Waals surface area contributed by atoms with Gasteiger partial charge in [0, 0.05) is 0 Å². The maximum atomic E-state index is 11.7. The van der Waals surface area contributed by atoms with Crippen molar-refractivity contribution in [1.82, 2.24) is 19.5 Å². The van der Waals surface area contributed by atoms with Gasteiger partial charge in [-0.15, -0.1) is 0 Å². The number of rotatable bonds is 2. The van der Waals surface area contributed by atoms with Gasteiger partial charge in [-0.3, -0.25) is 14.3 Å². The normalized spacial score (nSPS) is 23.7. The molecular weight excluding hydrogens is 421 g/mol. The van der Waals surface area contributed by atoms with E-state index >= 15 is 0 Å². The number of nitrogens with one attached hydrogen (secondary N) is 1. The number of ether oxygens (including phenoxy) is 1. The van der Waals surface area contributed by atoms with E-state index in [9.17, 15) is 15.0 Å². The molecule has 0 radical (unpaired) electrons. The van der Waals surface area contributed by atoms with Crippen molar-refractivity contribution in [3.63, 3.8) is 0 Å². The number of fused-ring (bicyclic) bond motifs is 1. The van der Waals surface area contributed by atoms with E-state index in [1.807, 2.05) is 0 Å². The summed E-state index contributed by atoms with van der Waals surface area (Å²) in [6, 6.07) is -0.833. The summed E-state index contributed by atoms with van der Waals surface area (Å²) in [5.74, 6) is -0.101. The molecule has 3 heterocycles. The lowest BCUT2D eigenvalue weighted by Gasteiger charge is -2.16. The minimum Gasteiger partial charge on any atom is -0.394 e. The summed E-state index contributed by atoms with van der Waals surface area (Å²) in [6.07, 6.45) is -3.21. The van der Waals surface area contributed by atoms with Crippen LogP contribution in [-0.4, -0.2) is 80.5 Å². The van der Waals surface area contributed by atoms with E-state index in [0.717, 1.165) is 0 Å². The number of hydrogen-bond acceptors (Lipinski definition) is 10. The van der Waals surface area contributed by atoms with Gasteiger partial charge in [-0.1, -0.05) is 0 Å². The van der Waals surface area contributed by atoms with E-state index in [1.165, 1.54) is 10.9 Å². The van der Waals surface area contributed by atoms with Crippen LogP contribution in [0.2, 0.25) is 0 Å². The maximum absolute atomic E-state index is 11.7. The average Bonchev–Trinajstić information content (AvgIpc) is 3.08. The number of imidazole rings is 1. The summed E-state index contributed by atoms with van der Waals surface area (Å²) in [4.78, 5) is 52.3. The van der Waals surface area contributed by atoms with Crippen LogP contribution in [0.3, 0.4) is 0 Å². The Bertz CT molecular complexity index is 929. The molecule has 3 rings (SSSR count). The predicted octanol–water partition coefficient (Wildman–Crippen LogP) is -4.59. The number of carbonyl (C=O) groups is 1. The SMILES string of the molecule is NC(N)=O.Nc1nc2c(ncn2[C@@H]2O[C@H](CO)[C@@H](O)[C@H]2O)c(=O)[nH]1.O=P(O)(O)O. The van der Waals surface area contributed by atoms with Crippen LogP contribution in [0, 0.1) is 0 Å². The van der Waals surface area contributed by atoms with Gasteiger partial charge < -0.3 is 51.9 Å². The molecule has 0 unspecified atom stereocenters. The number of aliphatic hydroxyl groups is 3. The Hall–Kier alpha value is -2.63. The molecule has 18 heteroatoms. The first-order valence-electron chi connectivity index (χ1n) is 7.44. The summed E-state index contributed by atoms with van der Waals surface area (Å²) in [6.45, 7) is -0.447. The molecule has 0 spiro atoms. The Kier molecular flexibility index (Phi) is 8.18. The lowest BCUT2D eigenvalue weighted by molar-refractivity contribution is -0.0511. The van der Waals surface area contributed by atoms with E-state index in [1.54, 1.807) is 0 Å². The molecule has 164 valence electrons. The average molecular weight is 441 g/mol. The standard InChI is InChI=1S/C10H13N5O5.CH4N2O.H3O4P/c11-10-13-7-4(8(19)14-10)12-2-15(7)9-6(18)5(17)3(1-16)20-9;2-1(3)4;1-5(2,3)4/h2-3,5-6,9,16-18H,1H2,(H3,11,13,14,19);(H4,2,3,4);(H3,1,2,3,4)/t3-,5-,6-,9-;;/m1../s1. The van der Waals surface area contributed by atoms with Crippen LogP contribution in [0.25, 0.3) is 11.2 Å². The molecule has 2 aromatic rings. The summed E-state index contributed by atoms with van der Waals surface area (Å²) >= 11 is 0. The van der Waals surface area contributed by atoms with Crippen molar-refractivity contribution in [3.8, 4) is 0 Å². The molecule has 1 aliphatic heterocycles. The van der Waals surface area contributed by atoms with Gasteiger partial charge in [0.15, 0.2) is 17.4 Å². The van der Waals surface area contributed by atoms with Crippen molar-refractivity contribution < 1.29 is 44.1 Å². The van der Waals surface area contributed by atoms with E-state index in [-0.39, 0.29) is 17.1 Å². The van der Waals surface area contributed by atoms with Gasteiger partial charge in [-0.05, 0) is 0 Å². The smallest absolute Gasteiger partial charge is 0.394 e. The van der Waals surface area contributed by atoms with Crippen LogP contribution in [0.15, 0.2) is 11.1 Å². The van der Waals surface area contributed by atoms with Crippen molar-refractivity contribution in [1.29, 1.82) is 0 Å². The zero-order chi connectivity index (χ0) is 22.5. The third-order valence-electron chi connectivity index (χ3n) is 3.24. The fourth-order valence-electron chi connectivity index (χ4n) is 2.24. The molecular formula is C11H20N7O10P. The van der Waals surface area contributed by atoms with Crippen LogP contribution in [0.1, 0.15) is 6.23 Å². The van der Waals surface area contributed by atoms with Gasteiger partial charge >= 0.3 is 13.9 Å². The van der Waals surface area contributed by atoms with Crippen LogP contribution >= 0.6 is 7.82 Å². The van der Waals surface area contributed by atoms with E-state index in [0.29, 0.717) is 0 Å². The maximum Gasteiger partial charge on any atom is 0.466 e. The number of nitrogen functional groups attached to an aromatic ring is 1. The van der Waals surface area contributed by atoms with Crippen LogP contribution in [-0.2, 0) is 9.30 Å². The van der Waals surface area contributed by atoms with E-state index in [2.05, 4.69) is 26.4 Å². The van der Waals surface area contributed by atoms with Crippen LogP contribution < -0.4 is 22.8 Å². The highest BCUT2D eigenvalue weighted by Gasteiger charge is 2.44. The number of primary amides is 2. The second-order valence-corrected chi connectivity index (χ2v) is 6.45. The van der Waals surface area contributed by atoms with Gasteiger partial charge in [0.05, 0.1) is 12.9 Å². The van der Waals surface area contributed by atoms with Gasteiger partial charge in [-0.25, -0.2) is 14.3 Å². The molecule has 0 bridgehead atoms. The first kappa shape index (κ1) is 24.4. The van der Waals surface area contributed by atoms with Crippen LogP contribution in [0.4, 0.5) is 10.7 Å². The third-order valence-corrected chi connectivity index (χ3v) is 3.24. The zero-order valence-electron chi connectivity index (χ0n) is 14.4. The monoisotopic (exact) mass is 441 g/mol. The fourth-order valence-corrected chi connectivity index (χ4v) is 2.24. The number of anilines is 1. The molecule has 2 amide bonds. The van der Waals surface area contributed by atoms with Crippen LogP contribution in [0.5, 0.6) is 0 Å². The number of aliphatic hydroxyl groups excluding tert-OH is 3. The Morgan fingerprint density at radius 1 is 1.28 bits per heavy atom. The molecule has 1 saturated heterocycles. The second-order valence-electron chi connectivity index (χ2n) is 5.42. The molecule has 4 atom stereocenters. The molecule has 29 heavy (non-hydrogen) atoms. The molecule has 1 aliphatic rings. The van der Waals surface area contributed by atoms with Crippen molar-refractivity contribution >= 4 is 31.0 Å². The second kappa shape index (κ2) is 9.72. The summed E-state index contributed by atoms with van der Waals surface area (Å²) in [5, 5.41) is 28.7. The van der Waals surface area contributed by atoms with Crippen molar-refractivity contribution in [2.24, 2.45) is 11.5 Å². The van der Waals surface area contributed by atoms with Gasteiger partial charge in [0.1, 0.15) is 18.3 Å². The van der Waals surface area contributed by atoms with Gasteiger partial charge in [0.25, 0.3) is 5.56 Å². The predicted molar refractivity (Wildman–Crippen MR) is 93.6 cm³/mol. The van der Waals surface area contributed by atoms with Crippen molar-refractivity contribution in [3.05, 3.63) is 16.7 Å². The third kappa shape index (κ3) is 7.04. The quantitative estimate of drug-likeness (QED) is 0.196. The summed E-state index contributed by atoms with van der Waals surface area (Å²) in [7, 11) is -4.64. The zero-order valence-corrected chi connectivity index (χ0v) is 15.3. The summed E-state index contributed by atoms with van der Waals surface area (Å²) in [5.41, 5.74) is 13.6. The lowest BCUT2D eigenvalue weighted by atomic mass is 10.1. The number of hydrogen-bond donors (Lipinski definition) is 10. The minimum absolute atomic E-state index is 0.0388. The Morgan fingerprint density at radius 3 is 2.24 bits per heavy atom. The molecule has 0 aromatic carbocycles. The van der Waals surface area contributed by atoms with Gasteiger partial charge in [0.2, 0.25) is 5.95 Å². The van der Waals surface area contributed by atoms with E-state index < -0.39 is 50.6 Å². The topological polar surface area (TPSA) is 306 Å². The highest BCUT2D eigenvalue weighted by atomic mass is 31.2. The van der Waals surface area contributed by atoms with Gasteiger partial charge in [-0.2, -0.15) is 4.98 Å². The molecule has 2 aromatic heterocycles. The number of urea groups is 1. The lowest BCUT2D eigenvalue weighted by Crippen LogP contribution is -2.33. The number of H-pyrrole nitrogens is 1. The van der Waals surface area contributed by atoms with Crippen molar-refractivity contribution in [2.75, 3.05) is 12.3 Å². The number of aromatic nitrogens is 4. The highest BCUT2D eigenvalue weighted by Crippen LogP contribution is 2.30. The molecule has 13 N–H and O–H groups in total. The number of carbonyl (C=O) groups excluding carboxylic acids is 1. The molecule has 1 fully saturated rings. The number of nitrogens with zero attached hydrogens (tertiary/aromatic N) is 3. The Balaban J connectivity index is 0.000000396. The largest absolute Gasteiger partial charge is 0.466 e. The number of amides is 2. The molecule has 0 saturated carbocycles. The molecule has 0 aliphatic carbocycles. The molecule has 17 nitrogen and oxygen atoms in total. The van der Waals surface area contributed by atoms with Crippen molar-refractivity contribution in [2.45, 2.75) is 24.5 Å². The Morgan fingerprint density at radius 2 is 1.79 bits per heavy atom. The minimum atomic E-state index is -4.64.